The van der Waals surface area contributed by atoms with Crippen LogP contribution in [0.2, 0.25) is 0 Å². The fraction of sp³-hybridized carbons (Fsp3) is 1.00. The summed E-state index contributed by atoms with van der Waals surface area (Å²) in [5.41, 5.74) is 0. The average Bonchev–Trinajstić information content (AvgIpc) is 3.26. The van der Waals surface area contributed by atoms with E-state index in [1.807, 2.05) is 0 Å². The lowest BCUT2D eigenvalue weighted by Crippen LogP contribution is -2.32. The van der Waals surface area contributed by atoms with E-state index in [2.05, 4.69) is 0 Å². The van der Waals surface area contributed by atoms with Crippen molar-refractivity contribution in [1.29, 1.82) is 0 Å². The summed E-state index contributed by atoms with van der Waals surface area (Å²) in [6.07, 6.45) is 4.33. The standard InChI is InChI=1S/C19H24O3/c20-18-14-6-7-11-13-9(15(7)18)8(14)12-10(6)16(11)19(17(12)13)22-5-3-1-2-4-21-5/h5-20H,1-4H2. The second-order valence-corrected chi connectivity index (χ2v) is 9.82. The van der Waals surface area contributed by atoms with E-state index in [-0.39, 0.29) is 12.4 Å². The van der Waals surface area contributed by atoms with E-state index < -0.39 is 0 Å². The normalized spacial score (nSPS) is 79.8. The molecule has 9 unspecified atom stereocenters. The zero-order valence-corrected chi connectivity index (χ0v) is 12.8. The molecule has 118 valence electrons. The van der Waals surface area contributed by atoms with Crippen molar-refractivity contribution in [2.75, 3.05) is 6.61 Å². The van der Waals surface area contributed by atoms with Crippen LogP contribution in [0.1, 0.15) is 19.3 Å². The van der Waals surface area contributed by atoms with Gasteiger partial charge in [-0.25, -0.2) is 0 Å². The Bertz CT molecular complexity index is 513. The minimum absolute atomic E-state index is 0.0889. The molecule has 1 N–H and O–H groups in total. The van der Waals surface area contributed by atoms with Crippen molar-refractivity contribution in [1.82, 2.24) is 0 Å². The van der Waals surface area contributed by atoms with Crippen LogP contribution in [0.3, 0.4) is 0 Å². The second kappa shape index (κ2) is 3.19. The number of hydrogen-bond acceptors (Lipinski definition) is 3. The van der Waals surface area contributed by atoms with Gasteiger partial charge in [-0.15, -0.1) is 0 Å². The van der Waals surface area contributed by atoms with Crippen molar-refractivity contribution in [2.45, 2.75) is 37.8 Å². The Kier molecular flexibility index (Phi) is 1.66. The summed E-state index contributed by atoms with van der Waals surface area (Å²) in [5, 5.41) is 10.7. The first-order valence-corrected chi connectivity index (χ1v) is 9.83. The first kappa shape index (κ1) is 11.4. The molecule has 22 heavy (non-hydrogen) atoms. The fourth-order valence-electron chi connectivity index (χ4n) is 10.7. The molecule has 0 radical (unpaired) electrons. The molecule has 8 aliphatic carbocycles. The van der Waals surface area contributed by atoms with E-state index in [0.717, 1.165) is 72.2 Å². The Morgan fingerprint density at radius 1 is 0.682 bits per heavy atom. The molecule has 4 bridgehead atoms. The molecule has 8 saturated carbocycles. The van der Waals surface area contributed by atoms with Gasteiger partial charge in [0.05, 0.1) is 12.2 Å². The van der Waals surface area contributed by atoms with Crippen molar-refractivity contribution in [2.24, 2.45) is 71.0 Å². The Balaban J connectivity index is 1.22. The summed E-state index contributed by atoms with van der Waals surface area (Å²) in [7, 11) is 0. The molecule has 1 heterocycles. The molecule has 1 saturated heterocycles. The van der Waals surface area contributed by atoms with Crippen molar-refractivity contribution >= 4 is 0 Å². The van der Waals surface area contributed by atoms with Crippen LogP contribution < -0.4 is 0 Å². The molecule has 9 aliphatic rings. The van der Waals surface area contributed by atoms with Gasteiger partial charge in [0.1, 0.15) is 0 Å². The smallest absolute Gasteiger partial charge is 0.157 e. The van der Waals surface area contributed by atoms with E-state index in [0.29, 0.717) is 17.9 Å². The molecule has 9 atom stereocenters. The molecule has 0 aromatic rings. The second-order valence-electron chi connectivity index (χ2n) is 9.82. The van der Waals surface area contributed by atoms with Crippen LogP contribution in [-0.2, 0) is 9.47 Å². The third kappa shape index (κ3) is 0.839. The minimum Gasteiger partial charge on any atom is -0.393 e. The van der Waals surface area contributed by atoms with Gasteiger partial charge in [0.15, 0.2) is 6.29 Å². The predicted molar refractivity (Wildman–Crippen MR) is 76.4 cm³/mol. The quantitative estimate of drug-likeness (QED) is 0.844. The molecular formula is C19H24O3. The largest absolute Gasteiger partial charge is 0.393 e. The lowest BCUT2D eigenvalue weighted by molar-refractivity contribution is -0.199. The maximum absolute atomic E-state index is 10.7. The van der Waals surface area contributed by atoms with Gasteiger partial charge in [-0.05, 0) is 90.3 Å². The van der Waals surface area contributed by atoms with Gasteiger partial charge in [0.2, 0.25) is 0 Å². The van der Waals surface area contributed by atoms with E-state index >= 15 is 0 Å². The predicted octanol–water partition coefficient (Wildman–Crippen LogP) is 1.75. The number of hydrogen-bond donors (Lipinski definition) is 1. The van der Waals surface area contributed by atoms with E-state index in [9.17, 15) is 5.11 Å². The van der Waals surface area contributed by atoms with Gasteiger partial charge in [0.25, 0.3) is 0 Å². The topological polar surface area (TPSA) is 38.7 Å². The summed E-state index contributed by atoms with van der Waals surface area (Å²) in [6, 6.07) is 0. The van der Waals surface area contributed by atoms with Crippen LogP contribution in [0.15, 0.2) is 0 Å². The Labute approximate surface area is 130 Å². The molecule has 0 aromatic heterocycles. The van der Waals surface area contributed by atoms with Crippen molar-refractivity contribution in [3.63, 3.8) is 0 Å². The lowest BCUT2D eigenvalue weighted by Gasteiger charge is -2.29. The summed E-state index contributed by atoms with van der Waals surface area (Å²) < 4.78 is 12.5. The molecule has 9 fully saturated rings. The first-order valence-electron chi connectivity index (χ1n) is 9.83. The summed E-state index contributed by atoms with van der Waals surface area (Å²) in [6.45, 7) is 0.902. The summed E-state index contributed by atoms with van der Waals surface area (Å²) >= 11 is 0. The lowest BCUT2D eigenvalue weighted by atomic mass is 9.80. The molecular weight excluding hydrogens is 276 g/mol. The number of aliphatic hydroxyl groups is 1. The van der Waals surface area contributed by atoms with Gasteiger partial charge in [0, 0.05) is 6.61 Å². The van der Waals surface area contributed by atoms with Crippen LogP contribution in [-0.4, -0.2) is 30.2 Å². The highest BCUT2D eigenvalue weighted by molar-refractivity contribution is 5.39. The number of aliphatic hydroxyl groups excluding tert-OH is 1. The van der Waals surface area contributed by atoms with E-state index in [1.54, 1.807) is 0 Å². The van der Waals surface area contributed by atoms with Gasteiger partial charge in [-0.3, -0.25) is 0 Å². The van der Waals surface area contributed by atoms with Crippen molar-refractivity contribution in [3.8, 4) is 0 Å². The van der Waals surface area contributed by atoms with Crippen LogP contribution in [0, 0.1) is 71.0 Å². The highest BCUT2D eigenvalue weighted by Crippen LogP contribution is 2.92. The maximum Gasteiger partial charge on any atom is 0.157 e. The first-order chi connectivity index (χ1) is 10.9. The third-order valence-electron chi connectivity index (χ3n) is 10.1. The maximum atomic E-state index is 10.7. The zero-order chi connectivity index (χ0) is 13.9. The summed E-state index contributed by atoms with van der Waals surface area (Å²) in [4.78, 5) is 0. The monoisotopic (exact) mass is 300 g/mol. The van der Waals surface area contributed by atoms with Gasteiger partial charge in [-0.2, -0.15) is 0 Å². The number of rotatable bonds is 2. The zero-order valence-electron chi connectivity index (χ0n) is 12.8. The SMILES string of the molecule is OC1C2C3C4C1C1C2C2C5C(OC6CCCCO6)C(C32)C4C51. The summed E-state index contributed by atoms with van der Waals surface area (Å²) in [5.74, 6) is 10.5. The molecule has 0 amide bonds. The highest BCUT2D eigenvalue weighted by atomic mass is 16.7. The minimum atomic E-state index is 0.0889. The van der Waals surface area contributed by atoms with E-state index in [1.165, 1.54) is 12.8 Å². The Morgan fingerprint density at radius 3 is 1.73 bits per heavy atom. The molecule has 9 rings (SSSR count). The Hall–Kier alpha value is -0.120. The molecule has 0 spiro atoms. The molecule has 3 heteroatoms. The molecule has 0 aromatic carbocycles. The van der Waals surface area contributed by atoms with Gasteiger partial charge in [-0.1, -0.05) is 0 Å². The van der Waals surface area contributed by atoms with Gasteiger partial charge < -0.3 is 14.6 Å². The number of ether oxygens (including phenoxy) is 2. The third-order valence-corrected chi connectivity index (χ3v) is 10.1. The van der Waals surface area contributed by atoms with Crippen molar-refractivity contribution < 1.29 is 14.6 Å². The van der Waals surface area contributed by atoms with Gasteiger partial charge >= 0.3 is 0 Å². The highest BCUT2D eigenvalue weighted by Gasteiger charge is 2.92. The van der Waals surface area contributed by atoms with Crippen LogP contribution in [0.5, 0.6) is 0 Å². The van der Waals surface area contributed by atoms with Crippen LogP contribution >= 0.6 is 0 Å². The fourth-order valence-corrected chi connectivity index (χ4v) is 10.7. The van der Waals surface area contributed by atoms with Crippen molar-refractivity contribution in [3.05, 3.63) is 0 Å². The van der Waals surface area contributed by atoms with E-state index in [4.69, 9.17) is 9.47 Å². The molecule has 3 nitrogen and oxygen atoms in total. The average molecular weight is 300 g/mol. The molecule has 1 aliphatic heterocycles. The Morgan fingerprint density at radius 2 is 1.23 bits per heavy atom. The van der Waals surface area contributed by atoms with Crippen LogP contribution in [0.4, 0.5) is 0 Å². The van der Waals surface area contributed by atoms with Crippen LogP contribution in [0.25, 0.3) is 0 Å².